The summed E-state index contributed by atoms with van der Waals surface area (Å²) in [6.45, 7) is 0. The van der Waals surface area contributed by atoms with Crippen LogP contribution < -0.4 is 5.32 Å². The van der Waals surface area contributed by atoms with Gasteiger partial charge in [0.1, 0.15) is 4.20 Å². The highest BCUT2D eigenvalue weighted by Crippen LogP contribution is 2.49. The number of hydrogen-bond acceptors (Lipinski definition) is 5. The normalized spacial score (nSPS) is 23.9. The Morgan fingerprint density at radius 2 is 2.12 bits per heavy atom. The Hall–Kier alpha value is -0.370. The fourth-order valence-corrected chi connectivity index (χ4v) is 3.93. The summed E-state index contributed by atoms with van der Waals surface area (Å²) >= 11 is 5.87. The summed E-state index contributed by atoms with van der Waals surface area (Å²) in [5.74, 6) is -0.301. The monoisotopic (exact) mass is 277 g/mol. The topological polar surface area (TPSA) is 66.4 Å². The second-order valence-corrected chi connectivity index (χ2v) is 7.52. The van der Waals surface area contributed by atoms with Crippen molar-refractivity contribution in [2.75, 3.05) is 11.1 Å². The summed E-state index contributed by atoms with van der Waals surface area (Å²) in [5, 5.41) is 3.14. The standard InChI is InChI=1S/C9H11NO3S3/c11-16(12,13)6-5-9(14)10-7-3-1-2-4-8(7)15-9/h1-4,10,14H,5-6H2,(H,11,12,13). The van der Waals surface area contributed by atoms with Gasteiger partial charge in [0.15, 0.2) is 0 Å². The maximum absolute atomic E-state index is 10.7. The van der Waals surface area contributed by atoms with Crippen molar-refractivity contribution in [3.05, 3.63) is 24.3 Å². The molecule has 0 spiro atoms. The van der Waals surface area contributed by atoms with Gasteiger partial charge in [0, 0.05) is 17.0 Å². The van der Waals surface area contributed by atoms with Gasteiger partial charge in [-0.25, -0.2) is 0 Å². The molecule has 1 atom stereocenters. The lowest BCUT2D eigenvalue weighted by atomic mass is 10.3. The van der Waals surface area contributed by atoms with Crippen LogP contribution in [0.5, 0.6) is 0 Å². The van der Waals surface area contributed by atoms with E-state index in [-0.39, 0.29) is 12.2 Å². The molecular weight excluding hydrogens is 266 g/mol. The average molecular weight is 277 g/mol. The largest absolute Gasteiger partial charge is 0.361 e. The second kappa shape index (κ2) is 4.14. The van der Waals surface area contributed by atoms with Gasteiger partial charge in [-0.15, -0.1) is 12.6 Å². The van der Waals surface area contributed by atoms with Crippen molar-refractivity contribution >= 4 is 40.2 Å². The van der Waals surface area contributed by atoms with Crippen molar-refractivity contribution in [2.45, 2.75) is 15.5 Å². The van der Waals surface area contributed by atoms with Crippen LogP contribution in [0.3, 0.4) is 0 Å². The summed E-state index contributed by atoms with van der Waals surface area (Å²) in [5.41, 5.74) is 0.942. The molecule has 0 aromatic heterocycles. The van der Waals surface area contributed by atoms with Crippen LogP contribution in [0.4, 0.5) is 5.69 Å². The fourth-order valence-electron chi connectivity index (χ4n) is 1.46. The molecule has 4 nitrogen and oxygen atoms in total. The molecule has 0 fully saturated rings. The van der Waals surface area contributed by atoms with Crippen LogP contribution in [0.1, 0.15) is 6.42 Å². The molecule has 1 unspecified atom stereocenters. The summed E-state index contributed by atoms with van der Waals surface area (Å²) in [6, 6.07) is 7.66. The van der Waals surface area contributed by atoms with Crippen LogP contribution >= 0.6 is 24.4 Å². The first kappa shape index (κ1) is 12.1. The van der Waals surface area contributed by atoms with Crippen LogP contribution in [0, 0.1) is 0 Å². The molecule has 1 heterocycles. The Bertz CT molecular complexity index is 475. The molecule has 7 heteroatoms. The number of benzene rings is 1. The molecule has 1 aliphatic heterocycles. The summed E-state index contributed by atoms with van der Waals surface area (Å²) in [7, 11) is -3.94. The van der Waals surface area contributed by atoms with E-state index in [1.165, 1.54) is 11.8 Å². The maximum Gasteiger partial charge on any atom is 0.265 e. The van der Waals surface area contributed by atoms with Crippen LogP contribution in [0.25, 0.3) is 0 Å². The Morgan fingerprint density at radius 1 is 1.44 bits per heavy atom. The third kappa shape index (κ3) is 2.85. The van der Waals surface area contributed by atoms with Crippen molar-refractivity contribution in [1.82, 2.24) is 0 Å². The third-order valence-electron chi connectivity index (χ3n) is 2.19. The minimum Gasteiger partial charge on any atom is -0.361 e. The van der Waals surface area contributed by atoms with Crippen LogP contribution in [-0.2, 0) is 10.1 Å². The van der Waals surface area contributed by atoms with Gasteiger partial charge in [-0.3, -0.25) is 4.55 Å². The minimum absolute atomic E-state index is 0.230. The van der Waals surface area contributed by atoms with Gasteiger partial charge in [0.05, 0.1) is 5.75 Å². The average Bonchev–Trinajstić information content (AvgIpc) is 2.51. The molecule has 1 aromatic rings. The van der Waals surface area contributed by atoms with E-state index in [9.17, 15) is 8.42 Å². The highest BCUT2D eigenvalue weighted by atomic mass is 32.2. The zero-order valence-corrected chi connectivity index (χ0v) is 10.8. The summed E-state index contributed by atoms with van der Waals surface area (Å²) in [6.07, 6.45) is 0.230. The van der Waals surface area contributed by atoms with Gasteiger partial charge in [-0.2, -0.15) is 8.42 Å². The molecule has 1 aliphatic rings. The minimum atomic E-state index is -3.94. The van der Waals surface area contributed by atoms with Gasteiger partial charge in [-0.05, 0) is 12.1 Å². The van der Waals surface area contributed by atoms with Gasteiger partial charge in [-0.1, -0.05) is 23.9 Å². The number of rotatable bonds is 3. The van der Waals surface area contributed by atoms with Crippen molar-refractivity contribution in [1.29, 1.82) is 0 Å². The van der Waals surface area contributed by atoms with Gasteiger partial charge in [0.2, 0.25) is 0 Å². The van der Waals surface area contributed by atoms with Gasteiger partial charge < -0.3 is 5.32 Å². The molecule has 2 N–H and O–H groups in total. The number of thioether (sulfide) groups is 1. The van der Waals surface area contributed by atoms with E-state index >= 15 is 0 Å². The van der Waals surface area contributed by atoms with E-state index in [2.05, 4.69) is 17.9 Å². The van der Waals surface area contributed by atoms with Crippen molar-refractivity contribution < 1.29 is 13.0 Å². The van der Waals surface area contributed by atoms with Crippen molar-refractivity contribution in [3.63, 3.8) is 0 Å². The first-order valence-corrected chi connectivity index (χ1v) is 7.49. The molecule has 2 rings (SSSR count). The van der Waals surface area contributed by atoms with E-state index in [1.54, 1.807) is 0 Å². The lowest BCUT2D eigenvalue weighted by molar-refractivity contribution is 0.480. The molecule has 16 heavy (non-hydrogen) atoms. The summed E-state index contributed by atoms with van der Waals surface area (Å²) < 4.78 is 29.4. The van der Waals surface area contributed by atoms with Crippen LogP contribution in [0.2, 0.25) is 0 Å². The molecule has 1 aromatic carbocycles. The van der Waals surface area contributed by atoms with Crippen LogP contribution in [-0.4, -0.2) is 22.9 Å². The zero-order chi connectivity index (χ0) is 11.8. The Kier molecular flexibility index (Phi) is 3.13. The number of hydrogen-bond donors (Lipinski definition) is 3. The summed E-state index contributed by atoms with van der Waals surface area (Å²) in [4.78, 5) is 1.04. The Morgan fingerprint density at radius 3 is 2.75 bits per heavy atom. The lowest BCUT2D eigenvalue weighted by Gasteiger charge is -2.21. The predicted octanol–water partition coefficient (Wildman–Crippen LogP) is 2.07. The first-order valence-electron chi connectivity index (χ1n) is 4.62. The Balaban J connectivity index is 2.09. The van der Waals surface area contributed by atoms with Crippen molar-refractivity contribution in [2.24, 2.45) is 0 Å². The van der Waals surface area contributed by atoms with Crippen molar-refractivity contribution in [3.8, 4) is 0 Å². The SMILES string of the molecule is O=S(=O)(O)CCC1(S)Nc2ccccc2S1. The smallest absolute Gasteiger partial charge is 0.265 e. The molecule has 0 saturated heterocycles. The number of para-hydroxylation sites is 1. The van der Waals surface area contributed by atoms with Gasteiger partial charge in [0.25, 0.3) is 10.1 Å². The highest BCUT2D eigenvalue weighted by molar-refractivity contribution is 8.12. The molecule has 0 amide bonds. The first-order chi connectivity index (χ1) is 7.38. The maximum atomic E-state index is 10.7. The molecule has 88 valence electrons. The zero-order valence-electron chi connectivity index (χ0n) is 8.25. The van der Waals surface area contributed by atoms with E-state index < -0.39 is 14.3 Å². The Labute approximate surface area is 104 Å². The molecular formula is C9H11NO3S3. The molecule has 0 radical (unpaired) electrons. The molecule has 0 aliphatic carbocycles. The van der Waals surface area contributed by atoms with Crippen LogP contribution in [0.15, 0.2) is 29.2 Å². The lowest BCUT2D eigenvalue weighted by Crippen LogP contribution is -2.26. The van der Waals surface area contributed by atoms with Gasteiger partial charge >= 0.3 is 0 Å². The quantitative estimate of drug-likeness (QED) is 0.583. The molecule has 0 bridgehead atoms. The number of fused-ring (bicyclic) bond motifs is 1. The van der Waals surface area contributed by atoms with E-state index in [0.29, 0.717) is 0 Å². The van der Waals surface area contributed by atoms with E-state index in [4.69, 9.17) is 4.55 Å². The number of thiol groups is 1. The molecule has 0 saturated carbocycles. The van der Waals surface area contributed by atoms with E-state index in [1.807, 2.05) is 24.3 Å². The fraction of sp³-hybridized carbons (Fsp3) is 0.333. The highest BCUT2D eigenvalue weighted by Gasteiger charge is 2.34. The van der Waals surface area contributed by atoms with E-state index in [0.717, 1.165) is 10.6 Å². The second-order valence-electron chi connectivity index (χ2n) is 3.54. The third-order valence-corrected chi connectivity index (χ3v) is 4.74. The number of anilines is 1. The number of nitrogens with one attached hydrogen (secondary N) is 1. The predicted molar refractivity (Wildman–Crippen MR) is 68.7 cm³/mol.